The van der Waals surface area contributed by atoms with E-state index < -0.39 is 6.10 Å². The van der Waals surface area contributed by atoms with Crippen LogP contribution in [0.15, 0.2) is 86.2 Å². The summed E-state index contributed by atoms with van der Waals surface area (Å²) in [7, 11) is 3.32. The molecule has 0 aliphatic carbocycles. The third kappa shape index (κ3) is 8.28. The SMILES string of the molecule is C=CC1CN2CCC1CC2[C@@H](O)c1ccnc2ccc(OC)cc12.C=CC1CN2CCC1CC2[C@@H](OCC(=O)OC(C)C)c1ccnc2ccc(OC)cc12. The van der Waals surface area contributed by atoms with E-state index in [1.807, 2.05) is 68.6 Å². The van der Waals surface area contributed by atoms with E-state index in [0.717, 1.165) is 83.5 Å². The van der Waals surface area contributed by atoms with Crippen LogP contribution in [0.25, 0.3) is 21.8 Å². The van der Waals surface area contributed by atoms with Gasteiger partial charge in [0, 0.05) is 48.3 Å². The van der Waals surface area contributed by atoms with E-state index in [2.05, 4.69) is 45.1 Å². The average Bonchev–Trinajstić information content (AvgIpc) is 3.23. The van der Waals surface area contributed by atoms with Crippen LogP contribution in [0.1, 0.15) is 62.9 Å². The van der Waals surface area contributed by atoms with Crippen LogP contribution in [0.5, 0.6) is 11.5 Å². The van der Waals surface area contributed by atoms with Crippen molar-refractivity contribution in [1.29, 1.82) is 0 Å². The van der Waals surface area contributed by atoms with Crippen LogP contribution in [-0.2, 0) is 14.3 Å². The zero-order valence-electron chi connectivity index (χ0n) is 32.7. The fourth-order valence-corrected chi connectivity index (χ4v) is 9.52. The maximum absolute atomic E-state index is 12.3. The first-order valence-electron chi connectivity index (χ1n) is 19.8. The molecule has 0 amide bonds. The Kier molecular flexibility index (Phi) is 12.2. The van der Waals surface area contributed by atoms with Gasteiger partial charge in [0.1, 0.15) is 18.1 Å². The predicted molar refractivity (Wildman–Crippen MR) is 215 cm³/mol. The lowest BCUT2D eigenvalue weighted by Crippen LogP contribution is -2.55. The fourth-order valence-electron chi connectivity index (χ4n) is 9.52. The zero-order chi connectivity index (χ0) is 38.6. The molecule has 292 valence electrons. The van der Waals surface area contributed by atoms with Crippen LogP contribution >= 0.6 is 0 Å². The molecule has 6 aliphatic heterocycles. The van der Waals surface area contributed by atoms with Crippen molar-refractivity contribution in [3.05, 3.63) is 97.4 Å². The van der Waals surface area contributed by atoms with Crippen molar-refractivity contribution in [2.45, 2.75) is 69.9 Å². The number of esters is 1. The molecule has 2 aromatic carbocycles. The van der Waals surface area contributed by atoms with Gasteiger partial charge in [-0.25, -0.2) is 4.79 Å². The number of fused-ring (bicyclic) bond motifs is 8. The summed E-state index contributed by atoms with van der Waals surface area (Å²) in [6, 6.07) is 16.0. The molecule has 6 aliphatic rings. The number of carbonyl (C=O) groups excluding carboxylic acids is 1. The molecule has 6 saturated heterocycles. The Bertz CT molecular complexity index is 1990. The van der Waals surface area contributed by atoms with Crippen LogP contribution in [0.2, 0.25) is 0 Å². The molecule has 0 radical (unpaired) electrons. The van der Waals surface area contributed by atoms with Crippen LogP contribution in [0.3, 0.4) is 0 Å². The number of rotatable bonds is 12. The summed E-state index contributed by atoms with van der Waals surface area (Å²) in [5.74, 6) is 3.56. The van der Waals surface area contributed by atoms with Gasteiger partial charge in [0.25, 0.3) is 0 Å². The van der Waals surface area contributed by atoms with Gasteiger partial charge in [0.15, 0.2) is 0 Å². The third-order valence-electron chi connectivity index (χ3n) is 12.4. The molecule has 4 bridgehead atoms. The highest BCUT2D eigenvalue weighted by Gasteiger charge is 2.44. The quantitative estimate of drug-likeness (QED) is 0.117. The molecule has 8 unspecified atom stereocenters. The van der Waals surface area contributed by atoms with Crippen molar-refractivity contribution in [3.63, 3.8) is 0 Å². The van der Waals surface area contributed by atoms with Gasteiger partial charge in [-0.1, -0.05) is 12.2 Å². The van der Waals surface area contributed by atoms with Crippen molar-refractivity contribution in [3.8, 4) is 11.5 Å². The molecule has 55 heavy (non-hydrogen) atoms. The van der Waals surface area contributed by atoms with Gasteiger partial charge in [0.05, 0.1) is 43.6 Å². The monoisotopic (exact) mass is 748 g/mol. The molecule has 6 fully saturated rings. The maximum atomic E-state index is 12.3. The Labute approximate surface area is 325 Å². The van der Waals surface area contributed by atoms with Gasteiger partial charge in [-0.2, -0.15) is 0 Å². The van der Waals surface area contributed by atoms with Crippen molar-refractivity contribution < 1.29 is 28.8 Å². The lowest BCUT2D eigenvalue weighted by molar-refractivity contribution is -0.158. The molecule has 0 saturated carbocycles. The number of benzene rings is 2. The first kappa shape index (κ1) is 38.9. The van der Waals surface area contributed by atoms with Crippen LogP contribution in [0.4, 0.5) is 0 Å². The lowest BCUT2D eigenvalue weighted by atomic mass is 9.73. The van der Waals surface area contributed by atoms with Crippen LogP contribution < -0.4 is 9.47 Å². The smallest absolute Gasteiger partial charge is 0.332 e. The molecular weight excluding hydrogens is 693 g/mol. The number of hydrogen-bond donors (Lipinski definition) is 1. The molecule has 10 atom stereocenters. The van der Waals surface area contributed by atoms with E-state index in [-0.39, 0.29) is 36.9 Å². The number of carbonyl (C=O) groups is 1. The lowest BCUT2D eigenvalue weighted by Gasteiger charge is -2.51. The molecule has 10 nitrogen and oxygen atoms in total. The molecular formula is C45H56N4O6. The van der Waals surface area contributed by atoms with Crippen LogP contribution in [-0.4, -0.2) is 96.0 Å². The number of ether oxygens (including phenoxy) is 4. The molecule has 4 aromatic rings. The molecule has 10 heteroatoms. The Morgan fingerprint density at radius 1 is 0.818 bits per heavy atom. The Balaban J connectivity index is 0.000000174. The van der Waals surface area contributed by atoms with E-state index >= 15 is 0 Å². The van der Waals surface area contributed by atoms with Crippen molar-refractivity contribution in [2.24, 2.45) is 23.7 Å². The Hall–Kier alpha value is -4.35. The number of piperidine rings is 6. The number of nitrogens with zero attached hydrogens (tertiary/aromatic N) is 4. The number of aliphatic hydroxyl groups is 1. The highest BCUT2D eigenvalue weighted by atomic mass is 16.6. The van der Waals surface area contributed by atoms with Gasteiger partial charge in [-0.05, 0) is 136 Å². The second kappa shape index (κ2) is 17.2. The number of aromatic nitrogens is 2. The third-order valence-corrected chi connectivity index (χ3v) is 12.4. The normalized spacial score (nSPS) is 27.9. The highest BCUT2D eigenvalue weighted by molar-refractivity contribution is 5.85. The zero-order valence-corrected chi connectivity index (χ0v) is 32.7. The Morgan fingerprint density at radius 2 is 1.35 bits per heavy atom. The summed E-state index contributed by atoms with van der Waals surface area (Å²) in [6.07, 6.45) is 11.3. The highest BCUT2D eigenvalue weighted by Crippen LogP contribution is 2.44. The first-order chi connectivity index (χ1) is 26.7. The van der Waals surface area contributed by atoms with E-state index in [4.69, 9.17) is 18.9 Å². The molecule has 8 heterocycles. The standard InChI is InChI=1S/C25H32N2O4.C20H24N2O2/c1-5-17-14-27-11-9-18(17)12-23(27)25(30-15-24(28)31-16(2)3)20-8-10-26-22-7-6-19(29-4)13-21(20)22;1-3-13-12-22-9-7-14(13)10-19(22)20(23)16-6-8-21-18-5-4-15(24-2)11-17(16)18/h5-8,10,13,16-18,23,25H,1,9,11-12,14-15H2,2-4H3;3-6,8,11,13-14,19-20,23H,1,7,9-10,12H2,2H3/t17?,18?,23?,25-;13?,14?,19?,20-/m00/s1. The van der Waals surface area contributed by atoms with Crippen molar-refractivity contribution in [2.75, 3.05) is 47.0 Å². The number of aliphatic hydroxyl groups excluding tert-OH is 1. The molecule has 2 aromatic heterocycles. The van der Waals surface area contributed by atoms with E-state index in [1.165, 1.54) is 12.8 Å². The Morgan fingerprint density at radius 3 is 1.84 bits per heavy atom. The minimum Gasteiger partial charge on any atom is -0.497 e. The minimum absolute atomic E-state index is 0.0729. The van der Waals surface area contributed by atoms with Gasteiger partial charge >= 0.3 is 5.97 Å². The summed E-state index contributed by atoms with van der Waals surface area (Å²) in [4.78, 5) is 26.2. The first-order valence-corrected chi connectivity index (χ1v) is 19.8. The summed E-state index contributed by atoms with van der Waals surface area (Å²) < 4.78 is 22.5. The van der Waals surface area contributed by atoms with Gasteiger partial charge in [-0.15, -0.1) is 13.2 Å². The molecule has 1 N–H and O–H groups in total. The summed E-state index contributed by atoms with van der Waals surface area (Å²) >= 11 is 0. The van der Waals surface area contributed by atoms with Gasteiger partial charge in [0.2, 0.25) is 0 Å². The second-order valence-corrected chi connectivity index (χ2v) is 15.8. The topological polar surface area (TPSA) is 106 Å². The second-order valence-electron chi connectivity index (χ2n) is 15.8. The van der Waals surface area contributed by atoms with Crippen LogP contribution in [0, 0.1) is 23.7 Å². The largest absolute Gasteiger partial charge is 0.497 e. The average molecular weight is 749 g/mol. The molecule has 10 rings (SSSR count). The summed E-state index contributed by atoms with van der Waals surface area (Å²) in [5, 5.41) is 13.1. The summed E-state index contributed by atoms with van der Waals surface area (Å²) in [6.45, 7) is 15.8. The number of hydrogen-bond acceptors (Lipinski definition) is 10. The van der Waals surface area contributed by atoms with E-state index in [0.29, 0.717) is 23.7 Å². The minimum atomic E-state index is -0.504. The van der Waals surface area contributed by atoms with E-state index in [9.17, 15) is 9.90 Å². The fraction of sp³-hybridized carbons (Fsp3) is 0.489. The number of pyridine rings is 2. The predicted octanol–water partition coefficient (Wildman–Crippen LogP) is 7.32. The van der Waals surface area contributed by atoms with E-state index in [1.54, 1.807) is 20.4 Å². The van der Waals surface area contributed by atoms with Gasteiger partial charge in [-0.3, -0.25) is 19.8 Å². The number of methoxy groups -OCH3 is 2. The van der Waals surface area contributed by atoms with Crippen molar-refractivity contribution >= 4 is 27.8 Å². The summed E-state index contributed by atoms with van der Waals surface area (Å²) in [5.41, 5.74) is 3.77. The van der Waals surface area contributed by atoms with Gasteiger partial charge < -0.3 is 24.1 Å². The maximum Gasteiger partial charge on any atom is 0.332 e. The van der Waals surface area contributed by atoms with Crippen molar-refractivity contribution in [1.82, 2.24) is 19.8 Å². The molecule has 0 spiro atoms.